The molecule has 1 N–H and O–H groups in total. The molecular formula is C14H26N4O3. The predicted octanol–water partition coefficient (Wildman–Crippen LogP) is 2.41. The molecular weight excluding hydrogens is 272 g/mol. The standard InChI is InChI=1S/C14H26N4O3/c1-7(2)13-12(16-10(6)19)14(20-8(3)4)11(17-18-15)9(5)21-13/h7-9,11-14H,1-6H3,(H,16,19)/t9?,11-,12+,13-,14?/m0/s1. The summed E-state index contributed by atoms with van der Waals surface area (Å²) >= 11 is 0. The molecule has 1 saturated heterocycles. The summed E-state index contributed by atoms with van der Waals surface area (Å²) in [4.78, 5) is 14.4. The molecule has 0 radical (unpaired) electrons. The average Bonchev–Trinajstić information content (AvgIpc) is 2.35. The number of nitrogens with zero attached hydrogens (tertiary/aromatic N) is 3. The molecule has 7 heteroatoms. The Kier molecular flexibility index (Phi) is 6.45. The lowest BCUT2D eigenvalue weighted by molar-refractivity contribution is -0.168. The van der Waals surface area contributed by atoms with Crippen LogP contribution in [-0.2, 0) is 14.3 Å². The Hall–Kier alpha value is -1.30. The van der Waals surface area contributed by atoms with Crippen LogP contribution in [0.15, 0.2) is 5.11 Å². The minimum atomic E-state index is -0.468. The Morgan fingerprint density at radius 2 is 2.00 bits per heavy atom. The molecule has 1 aliphatic heterocycles. The van der Waals surface area contributed by atoms with Gasteiger partial charge in [0.25, 0.3) is 0 Å². The SMILES string of the molecule is CC(=O)N[C@H]1C(OC(C)C)[C@@H](N=[N+]=[N-])C(C)O[C@H]1C(C)C. The van der Waals surface area contributed by atoms with Crippen LogP contribution in [0, 0.1) is 5.92 Å². The molecule has 5 atom stereocenters. The van der Waals surface area contributed by atoms with Crippen LogP contribution in [-0.4, -0.2) is 42.4 Å². The number of hydrogen-bond donors (Lipinski definition) is 1. The summed E-state index contributed by atoms with van der Waals surface area (Å²) in [5.41, 5.74) is 8.79. The van der Waals surface area contributed by atoms with E-state index < -0.39 is 12.1 Å². The van der Waals surface area contributed by atoms with E-state index in [1.165, 1.54) is 6.92 Å². The zero-order valence-corrected chi connectivity index (χ0v) is 13.6. The minimum Gasteiger partial charge on any atom is -0.373 e. The van der Waals surface area contributed by atoms with E-state index >= 15 is 0 Å². The van der Waals surface area contributed by atoms with E-state index in [-0.39, 0.29) is 36.2 Å². The summed E-state index contributed by atoms with van der Waals surface area (Å²) in [6.45, 7) is 11.2. The monoisotopic (exact) mass is 298 g/mol. The molecule has 0 spiro atoms. The van der Waals surface area contributed by atoms with Crippen molar-refractivity contribution in [3.05, 3.63) is 10.4 Å². The minimum absolute atomic E-state index is 0.0410. The molecule has 0 aromatic heterocycles. The van der Waals surface area contributed by atoms with Gasteiger partial charge in [-0.2, -0.15) is 0 Å². The maximum Gasteiger partial charge on any atom is 0.217 e. The van der Waals surface area contributed by atoms with Gasteiger partial charge in [0.15, 0.2) is 0 Å². The first-order chi connectivity index (χ1) is 9.77. The highest BCUT2D eigenvalue weighted by molar-refractivity contribution is 5.73. The molecule has 0 bridgehead atoms. The first-order valence-corrected chi connectivity index (χ1v) is 7.40. The van der Waals surface area contributed by atoms with E-state index in [2.05, 4.69) is 15.3 Å². The predicted molar refractivity (Wildman–Crippen MR) is 79.7 cm³/mol. The third-order valence-corrected chi connectivity index (χ3v) is 3.54. The number of amides is 1. The number of azide groups is 1. The van der Waals surface area contributed by atoms with Crippen molar-refractivity contribution in [1.82, 2.24) is 5.32 Å². The van der Waals surface area contributed by atoms with Gasteiger partial charge in [0.2, 0.25) is 5.91 Å². The Bertz CT molecular complexity index is 407. The molecule has 0 aromatic carbocycles. The second-order valence-electron chi connectivity index (χ2n) is 6.12. The van der Waals surface area contributed by atoms with Crippen molar-refractivity contribution in [3.63, 3.8) is 0 Å². The number of hydrogen-bond acceptors (Lipinski definition) is 4. The lowest BCUT2D eigenvalue weighted by Crippen LogP contribution is -2.64. The Balaban J connectivity index is 3.15. The second-order valence-corrected chi connectivity index (χ2v) is 6.12. The first kappa shape index (κ1) is 17.8. The van der Waals surface area contributed by atoms with Crippen molar-refractivity contribution >= 4 is 5.91 Å². The summed E-state index contributed by atoms with van der Waals surface area (Å²) in [5.74, 6) is 0.0513. The molecule has 2 unspecified atom stereocenters. The molecule has 1 heterocycles. The van der Waals surface area contributed by atoms with Crippen LogP contribution in [0.2, 0.25) is 0 Å². The molecule has 21 heavy (non-hydrogen) atoms. The van der Waals surface area contributed by atoms with Crippen molar-refractivity contribution in [3.8, 4) is 0 Å². The van der Waals surface area contributed by atoms with Crippen LogP contribution in [0.5, 0.6) is 0 Å². The van der Waals surface area contributed by atoms with Crippen molar-refractivity contribution in [2.24, 2.45) is 11.0 Å². The van der Waals surface area contributed by atoms with E-state index in [0.29, 0.717) is 0 Å². The number of nitrogens with one attached hydrogen (secondary N) is 1. The number of carbonyl (C=O) groups excluding carboxylic acids is 1. The van der Waals surface area contributed by atoms with Gasteiger partial charge in [-0.1, -0.05) is 19.0 Å². The molecule has 0 aromatic rings. The van der Waals surface area contributed by atoms with Gasteiger partial charge in [-0.3, -0.25) is 4.79 Å². The summed E-state index contributed by atoms with van der Waals surface area (Å²) in [6.07, 6.45) is -0.887. The zero-order valence-electron chi connectivity index (χ0n) is 13.6. The van der Waals surface area contributed by atoms with Crippen LogP contribution >= 0.6 is 0 Å². The summed E-state index contributed by atoms with van der Waals surface area (Å²) in [5, 5.41) is 6.74. The van der Waals surface area contributed by atoms with Gasteiger partial charge in [0.1, 0.15) is 0 Å². The van der Waals surface area contributed by atoms with Gasteiger partial charge in [-0.05, 0) is 32.2 Å². The molecule has 1 aliphatic rings. The molecule has 0 saturated carbocycles. The van der Waals surface area contributed by atoms with Crippen LogP contribution in [0.3, 0.4) is 0 Å². The summed E-state index contributed by atoms with van der Waals surface area (Å²) in [7, 11) is 0. The number of carbonyl (C=O) groups is 1. The molecule has 120 valence electrons. The quantitative estimate of drug-likeness (QED) is 0.479. The van der Waals surface area contributed by atoms with E-state index in [1.807, 2.05) is 34.6 Å². The third-order valence-electron chi connectivity index (χ3n) is 3.54. The highest BCUT2D eigenvalue weighted by Crippen LogP contribution is 2.30. The van der Waals surface area contributed by atoms with Gasteiger partial charge in [0, 0.05) is 11.8 Å². The van der Waals surface area contributed by atoms with Crippen molar-refractivity contribution in [1.29, 1.82) is 0 Å². The molecule has 0 aliphatic carbocycles. The van der Waals surface area contributed by atoms with Crippen LogP contribution in [0.25, 0.3) is 10.4 Å². The second kappa shape index (κ2) is 7.64. The first-order valence-electron chi connectivity index (χ1n) is 7.40. The molecule has 1 fully saturated rings. The Morgan fingerprint density at radius 3 is 2.43 bits per heavy atom. The fraction of sp³-hybridized carbons (Fsp3) is 0.929. The smallest absolute Gasteiger partial charge is 0.217 e. The fourth-order valence-corrected chi connectivity index (χ4v) is 2.75. The largest absolute Gasteiger partial charge is 0.373 e. The Labute approximate surface area is 126 Å². The highest BCUT2D eigenvalue weighted by Gasteiger charge is 2.46. The van der Waals surface area contributed by atoms with E-state index in [0.717, 1.165) is 0 Å². The maximum absolute atomic E-state index is 11.5. The lowest BCUT2D eigenvalue weighted by Gasteiger charge is -2.46. The van der Waals surface area contributed by atoms with Gasteiger partial charge in [-0.25, -0.2) is 0 Å². The van der Waals surface area contributed by atoms with Gasteiger partial charge in [-0.15, -0.1) is 0 Å². The Morgan fingerprint density at radius 1 is 1.38 bits per heavy atom. The van der Waals surface area contributed by atoms with Gasteiger partial charge >= 0.3 is 0 Å². The van der Waals surface area contributed by atoms with Gasteiger partial charge in [0.05, 0.1) is 36.5 Å². The topological polar surface area (TPSA) is 96.3 Å². The molecule has 1 rings (SSSR count). The normalized spacial score (nSPS) is 32.9. The van der Waals surface area contributed by atoms with Crippen LogP contribution < -0.4 is 5.32 Å². The zero-order chi connectivity index (χ0) is 16.2. The maximum atomic E-state index is 11.5. The van der Waals surface area contributed by atoms with Crippen molar-refractivity contribution in [2.45, 2.75) is 78.0 Å². The van der Waals surface area contributed by atoms with Crippen LogP contribution in [0.4, 0.5) is 0 Å². The van der Waals surface area contributed by atoms with E-state index in [9.17, 15) is 4.79 Å². The number of ether oxygens (including phenoxy) is 2. The van der Waals surface area contributed by atoms with Gasteiger partial charge < -0.3 is 14.8 Å². The van der Waals surface area contributed by atoms with E-state index in [4.69, 9.17) is 15.0 Å². The van der Waals surface area contributed by atoms with Crippen LogP contribution in [0.1, 0.15) is 41.5 Å². The third kappa shape index (κ3) is 4.59. The fourth-order valence-electron chi connectivity index (χ4n) is 2.75. The lowest BCUT2D eigenvalue weighted by atomic mass is 9.86. The number of rotatable bonds is 5. The van der Waals surface area contributed by atoms with E-state index in [1.54, 1.807) is 0 Å². The van der Waals surface area contributed by atoms with Crippen molar-refractivity contribution in [2.75, 3.05) is 0 Å². The highest BCUT2D eigenvalue weighted by atomic mass is 16.5. The average molecular weight is 298 g/mol. The molecule has 1 amide bonds. The summed E-state index contributed by atoms with van der Waals surface area (Å²) < 4.78 is 11.9. The molecule has 7 nitrogen and oxygen atoms in total. The van der Waals surface area contributed by atoms with Crippen molar-refractivity contribution < 1.29 is 14.3 Å². The summed E-state index contributed by atoms with van der Waals surface area (Å²) in [6, 6.07) is -0.805.